The Morgan fingerprint density at radius 1 is 0.912 bits per heavy atom. The van der Waals surface area contributed by atoms with Crippen molar-refractivity contribution >= 4 is 46.0 Å². The third kappa shape index (κ3) is 3.89. The summed E-state index contributed by atoms with van der Waals surface area (Å²) in [5.41, 5.74) is 6.16. The molecular weight excluding hydrogens is 448 g/mol. The Kier molecular flexibility index (Phi) is 5.41. The molecule has 0 radical (unpaired) electrons. The number of anilines is 1. The van der Waals surface area contributed by atoms with E-state index < -0.39 is 0 Å². The Morgan fingerprint density at radius 3 is 2.65 bits per heavy atom. The summed E-state index contributed by atoms with van der Waals surface area (Å²) in [5, 5.41) is 6.19. The summed E-state index contributed by atoms with van der Waals surface area (Å²) in [7, 11) is 0. The summed E-state index contributed by atoms with van der Waals surface area (Å²) in [4.78, 5) is 16.3. The number of pyridine rings is 2. The summed E-state index contributed by atoms with van der Waals surface area (Å²) in [6.07, 6.45) is 7.53. The molecule has 168 valence electrons. The number of hydrogen-bond acceptors (Lipinski definition) is 6. The van der Waals surface area contributed by atoms with Crippen molar-refractivity contribution < 1.29 is 4.74 Å². The molecule has 0 saturated carbocycles. The van der Waals surface area contributed by atoms with Gasteiger partial charge in [0, 0.05) is 30.2 Å². The third-order valence-corrected chi connectivity index (χ3v) is 6.13. The largest absolute Gasteiger partial charge is 0.378 e. The first-order valence-electron chi connectivity index (χ1n) is 11.1. The summed E-state index contributed by atoms with van der Waals surface area (Å²) in [6.45, 7) is 3.03. The van der Waals surface area contributed by atoms with Crippen LogP contribution < -0.4 is 4.90 Å². The van der Waals surface area contributed by atoms with Crippen LogP contribution in [0.3, 0.4) is 0 Å². The Labute approximate surface area is 201 Å². The molecule has 34 heavy (non-hydrogen) atoms. The van der Waals surface area contributed by atoms with Crippen molar-refractivity contribution in [3.8, 4) is 11.3 Å². The van der Waals surface area contributed by atoms with Gasteiger partial charge in [0.25, 0.3) is 0 Å². The fourth-order valence-corrected chi connectivity index (χ4v) is 4.36. The highest BCUT2D eigenvalue weighted by Gasteiger charge is 2.20. The molecule has 0 amide bonds. The van der Waals surface area contributed by atoms with E-state index in [-0.39, 0.29) is 0 Å². The highest BCUT2D eigenvalue weighted by Crippen LogP contribution is 2.30. The highest BCUT2D eigenvalue weighted by molar-refractivity contribution is 6.29. The molecule has 0 unspecified atom stereocenters. The molecule has 8 heteroatoms. The van der Waals surface area contributed by atoms with E-state index in [0.29, 0.717) is 18.4 Å². The molecule has 0 N–H and O–H groups in total. The van der Waals surface area contributed by atoms with Gasteiger partial charge in [-0.3, -0.25) is 0 Å². The van der Waals surface area contributed by atoms with Crippen LogP contribution in [-0.2, 0) is 4.74 Å². The zero-order valence-electron chi connectivity index (χ0n) is 18.3. The Balaban J connectivity index is 1.49. The predicted molar refractivity (Wildman–Crippen MR) is 135 cm³/mol. The minimum atomic E-state index is 0.442. The van der Waals surface area contributed by atoms with E-state index in [9.17, 15) is 0 Å². The van der Waals surface area contributed by atoms with Gasteiger partial charge in [-0.15, -0.1) is 0 Å². The molecule has 1 aliphatic rings. The molecule has 6 rings (SSSR count). The second-order valence-corrected chi connectivity index (χ2v) is 8.42. The van der Waals surface area contributed by atoms with Gasteiger partial charge in [0.1, 0.15) is 10.8 Å². The molecule has 0 spiro atoms. The first-order chi connectivity index (χ1) is 16.8. The molecule has 1 fully saturated rings. The second-order valence-electron chi connectivity index (χ2n) is 8.03. The van der Waals surface area contributed by atoms with Crippen molar-refractivity contribution in [1.29, 1.82) is 0 Å². The molecule has 1 aliphatic heterocycles. The van der Waals surface area contributed by atoms with Crippen molar-refractivity contribution in [3.05, 3.63) is 83.5 Å². The lowest BCUT2D eigenvalue weighted by molar-refractivity contribution is 0.123. The first-order valence-corrected chi connectivity index (χ1v) is 11.5. The van der Waals surface area contributed by atoms with Gasteiger partial charge in [-0.25, -0.2) is 19.5 Å². The van der Waals surface area contributed by atoms with Crippen LogP contribution in [0.2, 0.25) is 5.15 Å². The first kappa shape index (κ1) is 20.8. The lowest BCUT2D eigenvalue weighted by Crippen LogP contribution is -2.36. The molecule has 7 nitrogen and oxygen atoms in total. The molecule has 0 atom stereocenters. The van der Waals surface area contributed by atoms with Crippen LogP contribution in [0.25, 0.3) is 40.0 Å². The van der Waals surface area contributed by atoms with Gasteiger partial charge in [-0.1, -0.05) is 35.9 Å². The number of fused-ring (bicyclic) bond motifs is 2. The van der Waals surface area contributed by atoms with E-state index >= 15 is 0 Å². The zero-order valence-corrected chi connectivity index (χ0v) is 19.1. The Bertz CT molecular complexity index is 1510. The number of rotatable bonds is 4. The van der Waals surface area contributed by atoms with Gasteiger partial charge >= 0.3 is 0 Å². The van der Waals surface area contributed by atoms with E-state index in [2.05, 4.69) is 27.1 Å². The maximum absolute atomic E-state index is 6.06. The number of morpholine rings is 1. The van der Waals surface area contributed by atoms with Crippen LogP contribution in [0.5, 0.6) is 0 Å². The van der Waals surface area contributed by atoms with E-state index in [1.165, 1.54) is 0 Å². The maximum atomic E-state index is 6.06. The average molecular weight is 469 g/mol. The van der Waals surface area contributed by atoms with Crippen LogP contribution >= 0.6 is 11.6 Å². The average Bonchev–Trinajstić information content (AvgIpc) is 3.27. The SMILES string of the molecule is Clc1ccc(-c2c(C=Cc3ccc4ccccc4n3)nc3c(N4CCOCC4)ccnn23)cn1. The lowest BCUT2D eigenvalue weighted by atomic mass is 10.1. The number of hydrogen-bond donors (Lipinski definition) is 0. The van der Waals surface area contributed by atoms with Crippen molar-refractivity contribution in [2.75, 3.05) is 31.2 Å². The molecule has 0 aliphatic carbocycles. The second kappa shape index (κ2) is 8.85. The molecule has 5 aromatic rings. The van der Waals surface area contributed by atoms with Crippen LogP contribution in [0.4, 0.5) is 5.69 Å². The quantitative estimate of drug-likeness (QED) is 0.346. The monoisotopic (exact) mass is 468 g/mol. The molecule has 1 aromatic carbocycles. The van der Waals surface area contributed by atoms with Gasteiger partial charge < -0.3 is 9.64 Å². The fraction of sp³-hybridized carbons (Fsp3) is 0.154. The molecule has 0 bridgehead atoms. The zero-order chi connectivity index (χ0) is 22.9. The van der Waals surface area contributed by atoms with Crippen molar-refractivity contribution in [2.45, 2.75) is 0 Å². The number of benzene rings is 1. The molecule has 4 aromatic heterocycles. The van der Waals surface area contributed by atoms with Crippen molar-refractivity contribution in [3.63, 3.8) is 0 Å². The number of imidazole rings is 1. The number of ether oxygens (including phenoxy) is 1. The molecular formula is C26H21ClN6O. The minimum absolute atomic E-state index is 0.442. The standard InChI is InChI=1S/C26H21ClN6O/c27-24-10-6-19(17-28-24)25-22(9-8-20-7-5-18-3-1-2-4-21(18)30-20)31-26-23(11-12-29-33(25)26)32-13-15-34-16-14-32/h1-12,17H,13-16H2. The Hall–Kier alpha value is -3.81. The summed E-state index contributed by atoms with van der Waals surface area (Å²) >= 11 is 6.06. The summed E-state index contributed by atoms with van der Waals surface area (Å²) < 4.78 is 7.42. The van der Waals surface area contributed by atoms with E-state index in [1.54, 1.807) is 12.3 Å². The van der Waals surface area contributed by atoms with E-state index in [0.717, 1.165) is 58.0 Å². The predicted octanol–water partition coefficient (Wildman–Crippen LogP) is 5.00. The van der Waals surface area contributed by atoms with Crippen LogP contribution in [0.1, 0.15) is 11.4 Å². The van der Waals surface area contributed by atoms with Crippen molar-refractivity contribution in [1.82, 2.24) is 24.6 Å². The summed E-state index contributed by atoms with van der Waals surface area (Å²) in [6, 6.07) is 17.9. The number of para-hydroxylation sites is 1. The van der Waals surface area contributed by atoms with E-state index in [1.807, 2.05) is 59.3 Å². The molecule has 5 heterocycles. The van der Waals surface area contributed by atoms with Crippen LogP contribution in [0.15, 0.2) is 67.0 Å². The van der Waals surface area contributed by atoms with Gasteiger partial charge in [0.05, 0.1) is 42.0 Å². The minimum Gasteiger partial charge on any atom is -0.378 e. The highest BCUT2D eigenvalue weighted by atomic mass is 35.5. The topological polar surface area (TPSA) is 68.4 Å². The van der Waals surface area contributed by atoms with Gasteiger partial charge in [-0.2, -0.15) is 5.10 Å². The normalized spacial score (nSPS) is 14.4. The van der Waals surface area contributed by atoms with Gasteiger partial charge in [0.15, 0.2) is 5.65 Å². The Morgan fingerprint density at radius 2 is 1.79 bits per heavy atom. The fourth-order valence-electron chi connectivity index (χ4n) is 4.24. The number of nitrogens with zero attached hydrogens (tertiary/aromatic N) is 6. The van der Waals surface area contributed by atoms with Crippen LogP contribution in [-0.4, -0.2) is 50.9 Å². The molecule has 1 saturated heterocycles. The van der Waals surface area contributed by atoms with Crippen molar-refractivity contribution in [2.24, 2.45) is 0 Å². The maximum Gasteiger partial charge on any atom is 0.178 e. The van der Waals surface area contributed by atoms with Gasteiger partial charge in [0.2, 0.25) is 0 Å². The smallest absolute Gasteiger partial charge is 0.178 e. The third-order valence-electron chi connectivity index (χ3n) is 5.91. The number of aromatic nitrogens is 5. The summed E-state index contributed by atoms with van der Waals surface area (Å²) in [5.74, 6) is 0. The lowest BCUT2D eigenvalue weighted by Gasteiger charge is -2.28. The van der Waals surface area contributed by atoms with E-state index in [4.69, 9.17) is 26.3 Å². The van der Waals surface area contributed by atoms with Crippen LogP contribution in [0, 0.1) is 0 Å². The van der Waals surface area contributed by atoms with Gasteiger partial charge in [-0.05, 0) is 42.5 Å². The number of halogens is 1.